The zero-order valence-electron chi connectivity index (χ0n) is 17.6. The fourth-order valence-corrected chi connectivity index (χ4v) is 6.76. The van der Waals surface area contributed by atoms with Gasteiger partial charge in [-0.2, -0.15) is 0 Å². The predicted octanol–water partition coefficient (Wildman–Crippen LogP) is 9.70. The quantitative estimate of drug-likeness (QED) is 0.251. The summed E-state index contributed by atoms with van der Waals surface area (Å²) in [5, 5.41) is 0. The molecule has 0 aliphatic heterocycles. The van der Waals surface area contributed by atoms with Crippen molar-refractivity contribution in [2.45, 2.75) is 78.6 Å². The average molecular weight is 431 g/mol. The van der Waals surface area contributed by atoms with Gasteiger partial charge in [0, 0.05) is 29.3 Å². The largest absolute Gasteiger partial charge is 0.139 e. The fourth-order valence-electron chi connectivity index (χ4n) is 3.47. The lowest BCUT2D eigenvalue weighted by Gasteiger charge is -2.02. The summed E-state index contributed by atoms with van der Waals surface area (Å²) in [5.74, 6) is 0.831. The summed E-state index contributed by atoms with van der Waals surface area (Å²) in [4.78, 5) is 8.80. The van der Waals surface area contributed by atoms with Crippen molar-refractivity contribution in [1.82, 2.24) is 0 Å². The maximum Gasteiger partial charge on any atom is 0.0449 e. The second-order valence-corrected chi connectivity index (χ2v) is 11.6. The van der Waals surface area contributed by atoms with Crippen molar-refractivity contribution in [3.63, 3.8) is 0 Å². The van der Waals surface area contributed by atoms with Crippen molar-refractivity contribution in [2.75, 3.05) is 0 Å². The summed E-state index contributed by atoms with van der Waals surface area (Å²) in [6, 6.07) is 14.0. The Morgan fingerprint density at radius 3 is 1.64 bits per heavy atom. The number of hydrogen-bond acceptors (Lipinski definition) is 3. The molecule has 0 nitrogen and oxygen atoms in total. The van der Waals surface area contributed by atoms with Crippen molar-refractivity contribution < 1.29 is 0 Å². The van der Waals surface area contributed by atoms with Gasteiger partial charge in [-0.1, -0.05) is 52.9 Å². The lowest BCUT2D eigenvalue weighted by Crippen LogP contribution is -1.88. The Morgan fingerprint density at radius 1 is 0.607 bits per heavy atom. The summed E-state index contributed by atoms with van der Waals surface area (Å²) >= 11 is 5.93. The lowest BCUT2D eigenvalue weighted by molar-refractivity contribution is 0.539. The van der Waals surface area contributed by atoms with Crippen LogP contribution < -0.4 is 0 Å². The van der Waals surface area contributed by atoms with Crippen LogP contribution in [0.3, 0.4) is 0 Å². The molecule has 0 aliphatic carbocycles. The number of unbranched alkanes of at least 4 members (excludes halogenated alkanes) is 4. The van der Waals surface area contributed by atoms with Crippen LogP contribution in [0.2, 0.25) is 0 Å². The van der Waals surface area contributed by atoms with E-state index in [0.717, 1.165) is 5.92 Å². The van der Waals surface area contributed by atoms with Crippen LogP contribution in [0.4, 0.5) is 0 Å². The minimum absolute atomic E-state index is 0.831. The number of rotatable bonds is 12. The smallest absolute Gasteiger partial charge is 0.0449 e. The first-order valence-electron chi connectivity index (χ1n) is 10.9. The van der Waals surface area contributed by atoms with Gasteiger partial charge in [-0.3, -0.25) is 0 Å². The van der Waals surface area contributed by atoms with Gasteiger partial charge in [-0.25, -0.2) is 0 Å². The van der Waals surface area contributed by atoms with Crippen molar-refractivity contribution in [3.05, 3.63) is 46.2 Å². The third-order valence-corrected chi connectivity index (χ3v) is 8.91. The maximum absolute atomic E-state index is 2.34. The second-order valence-electron chi connectivity index (χ2n) is 8.15. The van der Waals surface area contributed by atoms with Gasteiger partial charge in [0.25, 0.3) is 0 Å². The molecule has 0 N–H and O–H groups in total. The predicted molar refractivity (Wildman–Crippen MR) is 131 cm³/mol. The van der Waals surface area contributed by atoms with E-state index in [1.807, 2.05) is 34.0 Å². The van der Waals surface area contributed by atoms with Gasteiger partial charge in [0.05, 0.1) is 0 Å². The number of thiophene rings is 3. The summed E-state index contributed by atoms with van der Waals surface area (Å²) < 4.78 is 0. The lowest BCUT2D eigenvalue weighted by atomic mass is 10.1. The Balaban J connectivity index is 1.55. The molecule has 0 atom stereocenters. The van der Waals surface area contributed by atoms with Crippen LogP contribution >= 0.6 is 34.0 Å². The summed E-state index contributed by atoms with van der Waals surface area (Å²) in [5.41, 5.74) is 0. The molecule has 28 heavy (non-hydrogen) atoms. The molecule has 3 heteroatoms. The third-order valence-electron chi connectivity index (χ3n) is 5.15. The molecule has 0 aromatic carbocycles. The molecule has 0 saturated heterocycles. The van der Waals surface area contributed by atoms with E-state index in [9.17, 15) is 0 Å². The van der Waals surface area contributed by atoms with E-state index in [4.69, 9.17) is 0 Å². The van der Waals surface area contributed by atoms with Crippen LogP contribution in [0.25, 0.3) is 19.5 Å². The number of aryl methyl sites for hydroxylation is 2. The Kier molecular flexibility index (Phi) is 8.82. The Labute approximate surface area is 183 Å². The molecule has 0 radical (unpaired) electrons. The average Bonchev–Trinajstić information content (AvgIpc) is 3.42. The minimum atomic E-state index is 0.831. The van der Waals surface area contributed by atoms with Gasteiger partial charge in [-0.05, 0) is 68.0 Å². The van der Waals surface area contributed by atoms with E-state index in [0.29, 0.717) is 0 Å². The van der Waals surface area contributed by atoms with Gasteiger partial charge in [-0.15, -0.1) is 34.0 Å². The van der Waals surface area contributed by atoms with Crippen LogP contribution in [-0.2, 0) is 12.8 Å². The SMILES string of the molecule is CCCCCCc1ccc(-c2ccc(-c3ccc(CCCCC(C)C)s3)s2)s1. The maximum atomic E-state index is 2.34. The molecule has 0 bridgehead atoms. The summed E-state index contributed by atoms with van der Waals surface area (Å²) in [6.07, 6.45) is 11.9. The first kappa shape index (κ1) is 21.8. The molecule has 3 aromatic rings. The van der Waals surface area contributed by atoms with Crippen LogP contribution in [0.5, 0.6) is 0 Å². The van der Waals surface area contributed by atoms with Crippen LogP contribution in [-0.4, -0.2) is 0 Å². The van der Waals surface area contributed by atoms with Crippen LogP contribution in [0.15, 0.2) is 36.4 Å². The molecule has 152 valence electrons. The Hall–Kier alpha value is -0.900. The van der Waals surface area contributed by atoms with Crippen molar-refractivity contribution in [1.29, 1.82) is 0 Å². The summed E-state index contributed by atoms with van der Waals surface area (Å²) in [7, 11) is 0. The van der Waals surface area contributed by atoms with Gasteiger partial charge < -0.3 is 0 Å². The van der Waals surface area contributed by atoms with Crippen LogP contribution in [0, 0.1) is 5.92 Å². The monoisotopic (exact) mass is 430 g/mol. The van der Waals surface area contributed by atoms with E-state index in [1.54, 1.807) is 9.75 Å². The molecule has 0 spiro atoms. The zero-order valence-corrected chi connectivity index (χ0v) is 20.1. The van der Waals surface area contributed by atoms with Gasteiger partial charge >= 0.3 is 0 Å². The first-order valence-corrected chi connectivity index (χ1v) is 13.4. The highest BCUT2D eigenvalue weighted by Crippen LogP contribution is 2.40. The van der Waals surface area contributed by atoms with Gasteiger partial charge in [0.2, 0.25) is 0 Å². The molecule has 0 aliphatic rings. The first-order chi connectivity index (χ1) is 13.7. The second kappa shape index (κ2) is 11.3. The molecule has 0 saturated carbocycles. The van der Waals surface area contributed by atoms with E-state index in [1.165, 1.54) is 77.3 Å². The van der Waals surface area contributed by atoms with Crippen molar-refractivity contribution in [3.8, 4) is 19.5 Å². The van der Waals surface area contributed by atoms with Gasteiger partial charge in [0.1, 0.15) is 0 Å². The fraction of sp³-hybridized carbons (Fsp3) is 0.520. The molecule has 3 rings (SSSR count). The van der Waals surface area contributed by atoms with E-state index in [2.05, 4.69) is 57.2 Å². The third kappa shape index (κ3) is 6.57. The zero-order chi connectivity index (χ0) is 19.8. The highest BCUT2D eigenvalue weighted by molar-refractivity contribution is 7.26. The standard InChI is InChI=1S/C25H34S3/c1-4-5-6-7-11-20-13-15-22(26-20)24-17-18-25(28-24)23-16-14-21(27-23)12-9-8-10-19(2)3/h13-19H,4-12H2,1-3H3. The van der Waals surface area contributed by atoms with Crippen LogP contribution in [0.1, 0.15) is 75.5 Å². The van der Waals surface area contributed by atoms with Gasteiger partial charge in [0.15, 0.2) is 0 Å². The minimum Gasteiger partial charge on any atom is -0.139 e. The number of hydrogen-bond donors (Lipinski definition) is 0. The molecular weight excluding hydrogens is 396 g/mol. The Morgan fingerprint density at radius 2 is 1.11 bits per heavy atom. The van der Waals surface area contributed by atoms with E-state index < -0.39 is 0 Å². The molecule has 3 heterocycles. The molecule has 0 fully saturated rings. The summed E-state index contributed by atoms with van der Waals surface area (Å²) in [6.45, 7) is 6.92. The van der Waals surface area contributed by atoms with E-state index in [-0.39, 0.29) is 0 Å². The van der Waals surface area contributed by atoms with Crippen molar-refractivity contribution in [2.24, 2.45) is 5.92 Å². The van der Waals surface area contributed by atoms with E-state index >= 15 is 0 Å². The molecule has 0 amide bonds. The highest BCUT2D eigenvalue weighted by Gasteiger charge is 2.10. The van der Waals surface area contributed by atoms with Crippen molar-refractivity contribution >= 4 is 34.0 Å². The normalized spacial score (nSPS) is 11.6. The molecule has 0 unspecified atom stereocenters. The topological polar surface area (TPSA) is 0 Å². The molecular formula is C25H34S3. The highest BCUT2D eigenvalue weighted by atomic mass is 32.1. The molecule has 3 aromatic heterocycles. The Bertz CT molecular complexity index is 818.